The number of aryl methyl sites for hydroxylation is 1. The number of anilines is 1. The van der Waals surface area contributed by atoms with E-state index in [9.17, 15) is 9.18 Å². The van der Waals surface area contributed by atoms with Crippen molar-refractivity contribution in [3.63, 3.8) is 0 Å². The number of aromatic nitrogens is 1. The minimum absolute atomic E-state index is 0.174. The van der Waals surface area contributed by atoms with Gasteiger partial charge in [-0.2, -0.15) is 0 Å². The predicted molar refractivity (Wildman–Crippen MR) is 118 cm³/mol. The number of methoxy groups -OCH3 is 1. The van der Waals surface area contributed by atoms with Crippen LogP contribution in [0.3, 0.4) is 0 Å². The molecular weight excluding hydrogens is 403 g/mol. The minimum atomic E-state index is -0.342. The molecule has 6 nitrogen and oxygen atoms in total. The summed E-state index contributed by atoms with van der Waals surface area (Å²) in [6.45, 7) is 7.07. The molecule has 2 aromatic carbocycles. The van der Waals surface area contributed by atoms with Gasteiger partial charge in [-0.15, -0.1) is 0 Å². The van der Waals surface area contributed by atoms with Crippen LogP contribution in [0.25, 0.3) is 10.2 Å². The second-order valence-electron chi connectivity index (χ2n) is 7.35. The van der Waals surface area contributed by atoms with Crippen molar-refractivity contribution in [1.82, 2.24) is 15.2 Å². The predicted octanol–water partition coefficient (Wildman–Crippen LogP) is 3.30. The first-order valence-electron chi connectivity index (χ1n) is 10.0. The van der Waals surface area contributed by atoms with E-state index in [4.69, 9.17) is 9.72 Å². The monoisotopic (exact) mass is 428 g/mol. The van der Waals surface area contributed by atoms with Crippen LogP contribution in [0.2, 0.25) is 0 Å². The number of benzene rings is 2. The molecule has 0 aliphatic carbocycles. The Kier molecular flexibility index (Phi) is 6.15. The lowest BCUT2D eigenvalue weighted by Gasteiger charge is -2.34. The Morgan fingerprint density at radius 1 is 1.17 bits per heavy atom. The zero-order chi connectivity index (χ0) is 21.1. The summed E-state index contributed by atoms with van der Waals surface area (Å²) in [5.74, 6) is 0.298. The van der Waals surface area contributed by atoms with Crippen molar-refractivity contribution in [2.24, 2.45) is 0 Å². The fraction of sp³-hybridized carbons (Fsp3) is 0.364. The van der Waals surface area contributed by atoms with E-state index < -0.39 is 0 Å². The van der Waals surface area contributed by atoms with E-state index in [1.807, 2.05) is 6.07 Å². The van der Waals surface area contributed by atoms with Gasteiger partial charge >= 0.3 is 0 Å². The van der Waals surface area contributed by atoms with Gasteiger partial charge in [-0.25, -0.2) is 9.37 Å². The second-order valence-corrected chi connectivity index (χ2v) is 8.33. The number of hydrogen-bond donors (Lipinski definition) is 1. The Morgan fingerprint density at radius 3 is 2.60 bits per heavy atom. The molecule has 1 aliphatic rings. The van der Waals surface area contributed by atoms with Gasteiger partial charge in [0.1, 0.15) is 17.1 Å². The molecule has 4 rings (SSSR count). The molecule has 1 aliphatic heterocycles. The van der Waals surface area contributed by atoms with E-state index in [0.29, 0.717) is 12.1 Å². The highest BCUT2D eigenvalue weighted by Crippen LogP contribution is 2.36. The Hall–Kier alpha value is -2.71. The van der Waals surface area contributed by atoms with Gasteiger partial charge in [-0.1, -0.05) is 17.4 Å². The second kappa shape index (κ2) is 8.97. The van der Waals surface area contributed by atoms with Gasteiger partial charge in [0, 0.05) is 44.8 Å². The summed E-state index contributed by atoms with van der Waals surface area (Å²) in [6.07, 6.45) is 0. The number of amides is 1. The average molecular weight is 429 g/mol. The summed E-state index contributed by atoms with van der Waals surface area (Å²) >= 11 is 1.71. The lowest BCUT2D eigenvalue weighted by molar-refractivity contribution is 0.0947. The fourth-order valence-electron chi connectivity index (χ4n) is 3.59. The molecule has 1 saturated heterocycles. The highest BCUT2D eigenvalue weighted by Gasteiger charge is 2.21. The first-order valence-corrected chi connectivity index (χ1v) is 10.8. The van der Waals surface area contributed by atoms with Crippen LogP contribution in [0, 0.1) is 12.7 Å². The third-order valence-corrected chi connectivity index (χ3v) is 6.63. The zero-order valence-electron chi connectivity index (χ0n) is 17.2. The van der Waals surface area contributed by atoms with Crippen LogP contribution >= 0.6 is 11.3 Å². The molecule has 0 bridgehead atoms. The molecule has 0 atom stereocenters. The number of ether oxygens (including phenoxy) is 1. The molecule has 1 N–H and O–H groups in total. The van der Waals surface area contributed by atoms with Gasteiger partial charge in [0.15, 0.2) is 5.13 Å². The summed E-state index contributed by atoms with van der Waals surface area (Å²) in [7, 11) is 1.68. The standard InChI is InChI=1S/C22H25FN4O2S/c1-15-3-8-18(29-2)19-20(15)30-22(25-19)27-13-11-26(12-14-27)10-9-24-21(28)16-4-6-17(23)7-5-16/h3-8H,9-14H2,1-2H3,(H,24,28). The molecule has 0 spiro atoms. The largest absolute Gasteiger partial charge is 0.494 e. The van der Waals surface area contributed by atoms with Crippen molar-refractivity contribution in [3.8, 4) is 5.75 Å². The number of carbonyl (C=O) groups is 1. The van der Waals surface area contributed by atoms with E-state index in [1.165, 1.54) is 34.5 Å². The lowest BCUT2D eigenvalue weighted by Crippen LogP contribution is -2.48. The maximum absolute atomic E-state index is 13.0. The number of nitrogens with zero attached hydrogens (tertiary/aromatic N) is 3. The van der Waals surface area contributed by atoms with Gasteiger partial charge < -0.3 is 15.0 Å². The lowest BCUT2D eigenvalue weighted by atomic mass is 10.2. The van der Waals surface area contributed by atoms with Crippen LogP contribution in [0.1, 0.15) is 15.9 Å². The van der Waals surface area contributed by atoms with E-state index in [2.05, 4.69) is 28.1 Å². The van der Waals surface area contributed by atoms with Crippen molar-refractivity contribution >= 4 is 32.6 Å². The summed E-state index contributed by atoms with van der Waals surface area (Å²) in [5.41, 5.74) is 2.62. The Morgan fingerprint density at radius 2 is 1.90 bits per heavy atom. The third-order valence-electron chi connectivity index (χ3n) is 5.37. The fourth-order valence-corrected chi connectivity index (χ4v) is 4.70. The number of nitrogens with one attached hydrogen (secondary N) is 1. The Labute approximate surface area is 179 Å². The molecule has 0 saturated carbocycles. The number of rotatable bonds is 6. The smallest absolute Gasteiger partial charge is 0.251 e. The zero-order valence-corrected chi connectivity index (χ0v) is 18.0. The van der Waals surface area contributed by atoms with E-state index in [-0.39, 0.29) is 11.7 Å². The number of hydrogen-bond acceptors (Lipinski definition) is 6. The van der Waals surface area contributed by atoms with Crippen molar-refractivity contribution in [3.05, 3.63) is 53.3 Å². The summed E-state index contributed by atoms with van der Waals surface area (Å²) < 4.78 is 19.6. The number of carbonyl (C=O) groups excluding carboxylic acids is 1. The molecular formula is C22H25FN4O2S. The van der Waals surface area contributed by atoms with E-state index in [0.717, 1.165) is 49.1 Å². The van der Waals surface area contributed by atoms with E-state index in [1.54, 1.807) is 18.4 Å². The summed E-state index contributed by atoms with van der Waals surface area (Å²) in [4.78, 5) is 21.6. The van der Waals surface area contributed by atoms with Crippen LogP contribution < -0.4 is 15.0 Å². The highest BCUT2D eigenvalue weighted by molar-refractivity contribution is 7.22. The molecule has 30 heavy (non-hydrogen) atoms. The first-order chi connectivity index (χ1) is 14.5. The molecule has 1 amide bonds. The summed E-state index contributed by atoms with van der Waals surface area (Å²) in [6, 6.07) is 9.64. The van der Waals surface area contributed by atoms with Crippen molar-refractivity contribution in [2.45, 2.75) is 6.92 Å². The third kappa shape index (κ3) is 4.39. The van der Waals surface area contributed by atoms with Crippen LogP contribution in [-0.2, 0) is 0 Å². The van der Waals surface area contributed by atoms with E-state index >= 15 is 0 Å². The number of thiazole rings is 1. The van der Waals surface area contributed by atoms with Crippen LogP contribution in [0.4, 0.5) is 9.52 Å². The van der Waals surface area contributed by atoms with Gasteiger partial charge in [-0.3, -0.25) is 9.69 Å². The Bertz CT molecular complexity index is 1030. The molecule has 1 aromatic heterocycles. The molecule has 1 fully saturated rings. The molecule has 0 radical (unpaired) electrons. The van der Waals surface area contributed by atoms with Gasteiger partial charge in [0.25, 0.3) is 5.91 Å². The molecule has 8 heteroatoms. The number of halogens is 1. The summed E-state index contributed by atoms with van der Waals surface area (Å²) in [5, 5.41) is 3.93. The van der Waals surface area contributed by atoms with Crippen molar-refractivity contribution in [1.29, 1.82) is 0 Å². The SMILES string of the molecule is COc1ccc(C)c2sc(N3CCN(CCNC(=O)c4ccc(F)cc4)CC3)nc12. The van der Waals surface area contributed by atoms with Crippen LogP contribution in [0.5, 0.6) is 5.75 Å². The number of fused-ring (bicyclic) bond motifs is 1. The molecule has 2 heterocycles. The quantitative estimate of drug-likeness (QED) is 0.653. The number of piperazine rings is 1. The van der Waals surface area contributed by atoms with Crippen molar-refractivity contribution in [2.75, 3.05) is 51.3 Å². The maximum Gasteiger partial charge on any atom is 0.251 e. The molecule has 0 unspecified atom stereocenters. The Balaban J connectivity index is 1.29. The van der Waals surface area contributed by atoms with Gasteiger partial charge in [0.2, 0.25) is 0 Å². The average Bonchev–Trinajstić information content (AvgIpc) is 3.21. The normalized spacial score (nSPS) is 14.8. The molecule has 158 valence electrons. The first kappa shape index (κ1) is 20.6. The molecule has 3 aromatic rings. The highest BCUT2D eigenvalue weighted by atomic mass is 32.1. The van der Waals surface area contributed by atoms with Gasteiger partial charge in [0.05, 0.1) is 11.8 Å². The topological polar surface area (TPSA) is 57.7 Å². The van der Waals surface area contributed by atoms with Gasteiger partial charge in [-0.05, 0) is 42.8 Å². The maximum atomic E-state index is 13.0. The van der Waals surface area contributed by atoms with Crippen molar-refractivity contribution < 1.29 is 13.9 Å². The van der Waals surface area contributed by atoms with Crippen LogP contribution in [0.15, 0.2) is 36.4 Å². The van der Waals surface area contributed by atoms with Crippen LogP contribution in [-0.4, -0.2) is 62.2 Å². The minimum Gasteiger partial charge on any atom is -0.494 e.